The second-order valence-electron chi connectivity index (χ2n) is 6.85. The largest absolute Gasteiger partial charge is 0.392 e. The van der Waals surface area contributed by atoms with Gasteiger partial charge in [-0.25, -0.2) is 0 Å². The summed E-state index contributed by atoms with van der Waals surface area (Å²) in [6.07, 6.45) is 13.1. The van der Waals surface area contributed by atoms with Crippen molar-refractivity contribution in [1.29, 1.82) is 0 Å². The lowest BCUT2D eigenvalue weighted by Crippen LogP contribution is -2.41. The van der Waals surface area contributed by atoms with E-state index < -0.39 is 0 Å². The molecule has 1 nitrogen and oxygen atoms in total. The summed E-state index contributed by atoms with van der Waals surface area (Å²) in [5.41, 5.74) is 0.238. The summed E-state index contributed by atoms with van der Waals surface area (Å²) in [7, 11) is 0. The van der Waals surface area contributed by atoms with Crippen LogP contribution >= 0.6 is 0 Å². The quantitative estimate of drug-likeness (QED) is 0.765. The average molecular weight is 238 g/mol. The van der Waals surface area contributed by atoms with Crippen molar-refractivity contribution in [2.24, 2.45) is 17.3 Å². The van der Waals surface area contributed by atoms with E-state index in [1.165, 1.54) is 64.2 Å². The highest BCUT2D eigenvalue weighted by Crippen LogP contribution is 2.45. The van der Waals surface area contributed by atoms with Gasteiger partial charge in [-0.1, -0.05) is 52.4 Å². The van der Waals surface area contributed by atoms with E-state index in [2.05, 4.69) is 13.8 Å². The minimum atomic E-state index is -0.0272. The van der Waals surface area contributed by atoms with E-state index in [9.17, 15) is 5.11 Å². The summed E-state index contributed by atoms with van der Waals surface area (Å²) in [5, 5.41) is 10.7. The molecule has 0 heterocycles. The molecule has 0 aromatic heterocycles. The number of aliphatic hydroxyl groups excluding tert-OH is 1. The summed E-state index contributed by atoms with van der Waals surface area (Å²) < 4.78 is 0. The van der Waals surface area contributed by atoms with Crippen LogP contribution in [0, 0.1) is 17.3 Å². The van der Waals surface area contributed by atoms with Crippen molar-refractivity contribution in [3.8, 4) is 0 Å². The van der Waals surface area contributed by atoms with E-state index in [0.717, 1.165) is 5.92 Å². The van der Waals surface area contributed by atoms with Crippen LogP contribution in [0.3, 0.4) is 0 Å². The molecule has 1 N–H and O–H groups in total. The molecule has 0 radical (unpaired) electrons. The van der Waals surface area contributed by atoms with Crippen LogP contribution in [0.25, 0.3) is 0 Å². The van der Waals surface area contributed by atoms with Gasteiger partial charge in [0.25, 0.3) is 0 Å². The summed E-state index contributed by atoms with van der Waals surface area (Å²) in [6, 6.07) is 0. The zero-order valence-corrected chi connectivity index (χ0v) is 11.8. The summed E-state index contributed by atoms with van der Waals surface area (Å²) in [5.74, 6) is 1.54. The Labute approximate surface area is 107 Å². The third-order valence-corrected chi connectivity index (χ3v) is 5.63. The van der Waals surface area contributed by atoms with Gasteiger partial charge in [-0.3, -0.25) is 0 Å². The Hall–Kier alpha value is -0.0400. The zero-order chi connectivity index (χ0) is 12.3. The first-order chi connectivity index (χ1) is 8.15. The fraction of sp³-hybridized carbons (Fsp3) is 1.00. The second-order valence-corrected chi connectivity index (χ2v) is 6.85. The van der Waals surface area contributed by atoms with Gasteiger partial charge in [0.05, 0.1) is 6.10 Å². The first-order valence-corrected chi connectivity index (χ1v) is 7.84. The summed E-state index contributed by atoms with van der Waals surface area (Å²) in [6.45, 7) is 4.65. The number of hydrogen-bond acceptors (Lipinski definition) is 1. The van der Waals surface area contributed by atoms with Gasteiger partial charge < -0.3 is 5.11 Å². The van der Waals surface area contributed by atoms with E-state index in [-0.39, 0.29) is 11.5 Å². The van der Waals surface area contributed by atoms with E-state index in [1.807, 2.05) is 0 Å². The molecule has 1 atom stereocenters. The molecule has 2 aliphatic carbocycles. The van der Waals surface area contributed by atoms with Crippen LogP contribution in [0.5, 0.6) is 0 Å². The minimum Gasteiger partial charge on any atom is -0.392 e. The van der Waals surface area contributed by atoms with Crippen LogP contribution < -0.4 is 0 Å². The van der Waals surface area contributed by atoms with E-state index in [0.29, 0.717) is 5.92 Å². The predicted octanol–water partition coefficient (Wildman–Crippen LogP) is 4.53. The molecule has 1 unspecified atom stereocenters. The minimum absolute atomic E-state index is 0.0272. The van der Waals surface area contributed by atoms with Gasteiger partial charge in [-0.2, -0.15) is 0 Å². The number of aliphatic hydroxyl groups is 1. The van der Waals surface area contributed by atoms with Crippen LogP contribution in [-0.4, -0.2) is 11.2 Å². The molecule has 0 aromatic carbocycles. The van der Waals surface area contributed by atoms with Crippen molar-refractivity contribution in [2.45, 2.75) is 84.2 Å². The lowest BCUT2D eigenvalue weighted by Gasteiger charge is -2.43. The SMILES string of the molecule is CCC1CCC(C(O)C2(C)CCCCC2)CC1. The van der Waals surface area contributed by atoms with E-state index in [4.69, 9.17) is 0 Å². The van der Waals surface area contributed by atoms with Gasteiger partial charge in [0.2, 0.25) is 0 Å². The van der Waals surface area contributed by atoms with Crippen molar-refractivity contribution < 1.29 is 5.11 Å². The highest BCUT2D eigenvalue weighted by atomic mass is 16.3. The second kappa shape index (κ2) is 5.73. The zero-order valence-electron chi connectivity index (χ0n) is 11.8. The van der Waals surface area contributed by atoms with Crippen LogP contribution in [0.4, 0.5) is 0 Å². The molecule has 1 heteroatoms. The average Bonchev–Trinajstić information content (AvgIpc) is 2.39. The first-order valence-electron chi connectivity index (χ1n) is 7.84. The Kier molecular flexibility index (Phi) is 4.52. The van der Waals surface area contributed by atoms with Gasteiger partial charge in [0.15, 0.2) is 0 Å². The third-order valence-electron chi connectivity index (χ3n) is 5.63. The highest BCUT2D eigenvalue weighted by Gasteiger charge is 2.39. The molecule has 0 aromatic rings. The normalized spacial score (nSPS) is 35.5. The summed E-state index contributed by atoms with van der Waals surface area (Å²) >= 11 is 0. The Balaban J connectivity index is 1.89. The maximum absolute atomic E-state index is 10.7. The fourth-order valence-corrected chi connectivity index (χ4v) is 4.14. The van der Waals surface area contributed by atoms with Crippen LogP contribution in [0.2, 0.25) is 0 Å². The van der Waals surface area contributed by atoms with Gasteiger partial charge in [0.1, 0.15) is 0 Å². The van der Waals surface area contributed by atoms with Crippen molar-refractivity contribution >= 4 is 0 Å². The van der Waals surface area contributed by atoms with Crippen molar-refractivity contribution in [2.75, 3.05) is 0 Å². The van der Waals surface area contributed by atoms with Gasteiger partial charge in [0, 0.05) is 0 Å². The Morgan fingerprint density at radius 1 is 1.06 bits per heavy atom. The van der Waals surface area contributed by atoms with E-state index >= 15 is 0 Å². The number of rotatable bonds is 3. The smallest absolute Gasteiger partial charge is 0.0621 e. The molecule has 0 amide bonds. The molecule has 2 rings (SSSR count). The molecule has 0 saturated heterocycles. The van der Waals surface area contributed by atoms with Crippen molar-refractivity contribution in [3.05, 3.63) is 0 Å². The van der Waals surface area contributed by atoms with Crippen molar-refractivity contribution in [1.82, 2.24) is 0 Å². The molecule has 2 saturated carbocycles. The van der Waals surface area contributed by atoms with Gasteiger partial charge >= 0.3 is 0 Å². The van der Waals surface area contributed by atoms with Crippen LogP contribution in [0.1, 0.15) is 78.1 Å². The molecule has 0 spiro atoms. The maximum atomic E-state index is 10.7. The molecule has 100 valence electrons. The Bertz CT molecular complexity index is 222. The summed E-state index contributed by atoms with van der Waals surface area (Å²) in [4.78, 5) is 0. The topological polar surface area (TPSA) is 20.2 Å². The molecule has 17 heavy (non-hydrogen) atoms. The van der Waals surface area contributed by atoms with Gasteiger partial charge in [-0.15, -0.1) is 0 Å². The predicted molar refractivity (Wildman–Crippen MR) is 72.9 cm³/mol. The Morgan fingerprint density at radius 2 is 1.65 bits per heavy atom. The van der Waals surface area contributed by atoms with E-state index in [1.54, 1.807) is 0 Å². The highest BCUT2D eigenvalue weighted by molar-refractivity contribution is 4.90. The third kappa shape index (κ3) is 3.05. The lowest BCUT2D eigenvalue weighted by molar-refractivity contribution is -0.0448. The molecule has 0 aliphatic heterocycles. The first kappa shape index (κ1) is 13.4. The molecule has 2 aliphatic rings. The molecular weight excluding hydrogens is 208 g/mol. The van der Waals surface area contributed by atoms with Crippen LogP contribution in [-0.2, 0) is 0 Å². The molecular formula is C16H30O. The lowest BCUT2D eigenvalue weighted by atomic mass is 9.65. The monoisotopic (exact) mass is 238 g/mol. The van der Waals surface area contributed by atoms with Crippen LogP contribution in [0.15, 0.2) is 0 Å². The Morgan fingerprint density at radius 3 is 2.18 bits per heavy atom. The van der Waals surface area contributed by atoms with Gasteiger partial charge in [-0.05, 0) is 42.9 Å². The number of hydrogen-bond donors (Lipinski definition) is 1. The fourth-order valence-electron chi connectivity index (χ4n) is 4.14. The standard InChI is InChI=1S/C16H30O/c1-3-13-7-9-14(10-8-13)15(17)16(2)11-5-4-6-12-16/h13-15,17H,3-12H2,1-2H3. The molecule has 2 fully saturated rings. The maximum Gasteiger partial charge on any atom is 0.0621 e. The van der Waals surface area contributed by atoms with Crippen molar-refractivity contribution in [3.63, 3.8) is 0 Å². The molecule has 0 bridgehead atoms.